The molecule has 1 aromatic carbocycles. The summed E-state index contributed by atoms with van der Waals surface area (Å²) in [6, 6.07) is 3.60. The smallest absolute Gasteiger partial charge is 0.246 e. The van der Waals surface area contributed by atoms with Gasteiger partial charge in [0.15, 0.2) is 0 Å². The quantitative estimate of drug-likeness (QED) is 0.898. The minimum absolute atomic E-state index is 0.0516. The molecule has 0 amide bonds. The number of hydrogen-bond donors (Lipinski definition) is 1. The third kappa shape index (κ3) is 2.66. The molecule has 4 nitrogen and oxygen atoms in total. The summed E-state index contributed by atoms with van der Waals surface area (Å²) in [5, 5.41) is 3.34. The van der Waals surface area contributed by atoms with Crippen molar-refractivity contribution in [1.29, 1.82) is 0 Å². The Bertz CT molecular complexity index is 550. The lowest BCUT2D eigenvalue weighted by atomic mass is 10.3. The van der Waals surface area contributed by atoms with Gasteiger partial charge >= 0.3 is 0 Å². The molecule has 1 saturated heterocycles. The predicted molar refractivity (Wildman–Crippen MR) is 67.6 cm³/mol. The van der Waals surface area contributed by atoms with Crippen LogP contribution in [-0.2, 0) is 10.0 Å². The van der Waals surface area contributed by atoms with Crippen LogP contribution in [0.3, 0.4) is 0 Å². The van der Waals surface area contributed by atoms with Gasteiger partial charge in [-0.15, -0.1) is 0 Å². The lowest BCUT2D eigenvalue weighted by Gasteiger charge is -2.31. The van der Waals surface area contributed by atoms with Crippen LogP contribution in [0.2, 0.25) is 5.02 Å². The summed E-state index contributed by atoms with van der Waals surface area (Å²) in [5.74, 6) is -0.773. The van der Waals surface area contributed by atoms with E-state index in [1.165, 1.54) is 10.4 Å². The Morgan fingerprint density at radius 1 is 1.50 bits per heavy atom. The number of benzene rings is 1. The van der Waals surface area contributed by atoms with Gasteiger partial charge in [-0.25, -0.2) is 12.8 Å². The van der Waals surface area contributed by atoms with Gasteiger partial charge < -0.3 is 5.32 Å². The summed E-state index contributed by atoms with van der Waals surface area (Å²) in [7, 11) is -3.81. The Hall–Kier alpha value is -0.690. The molecule has 0 bridgehead atoms. The molecule has 1 aliphatic heterocycles. The molecule has 100 valence electrons. The van der Waals surface area contributed by atoms with Gasteiger partial charge in [0.1, 0.15) is 10.7 Å². The SMILES string of the molecule is C[C@H]1CN(S(=O)(=O)c2cc(Cl)ccc2F)CCN1. The predicted octanol–water partition coefficient (Wildman–Crippen LogP) is 1.46. The fraction of sp³-hybridized carbons (Fsp3) is 0.455. The standard InChI is InChI=1S/C11H14ClFN2O2S/c1-8-7-15(5-4-14-8)18(16,17)11-6-9(12)2-3-10(11)13/h2-3,6,8,14H,4-5,7H2,1H3/t8-/m0/s1. The normalized spacial score (nSPS) is 22.1. The second kappa shape index (κ2) is 5.13. The van der Waals surface area contributed by atoms with Crippen molar-refractivity contribution >= 4 is 21.6 Å². The molecule has 0 aliphatic carbocycles. The Labute approximate surface area is 111 Å². The molecule has 0 radical (unpaired) electrons. The van der Waals surface area contributed by atoms with Crippen LogP contribution < -0.4 is 5.32 Å². The fourth-order valence-electron chi connectivity index (χ4n) is 1.93. The summed E-state index contributed by atoms with van der Waals surface area (Å²) in [6.45, 7) is 3.10. The maximum absolute atomic E-state index is 13.6. The molecule has 1 aliphatic rings. The van der Waals surface area contributed by atoms with E-state index in [4.69, 9.17) is 11.6 Å². The zero-order chi connectivity index (χ0) is 13.3. The number of piperazine rings is 1. The van der Waals surface area contributed by atoms with Crippen molar-refractivity contribution in [3.63, 3.8) is 0 Å². The van der Waals surface area contributed by atoms with Gasteiger partial charge in [0.05, 0.1) is 0 Å². The molecule has 7 heteroatoms. The molecule has 0 unspecified atom stereocenters. The van der Waals surface area contributed by atoms with Gasteiger partial charge in [0.25, 0.3) is 0 Å². The Balaban J connectivity index is 2.38. The second-order valence-electron chi connectivity index (χ2n) is 4.29. The first-order valence-electron chi connectivity index (χ1n) is 5.60. The van der Waals surface area contributed by atoms with Crippen molar-refractivity contribution in [3.05, 3.63) is 29.0 Å². The first-order valence-corrected chi connectivity index (χ1v) is 7.41. The Kier molecular flexibility index (Phi) is 3.91. The van der Waals surface area contributed by atoms with Crippen LogP contribution in [0, 0.1) is 5.82 Å². The summed E-state index contributed by atoms with van der Waals surface area (Å²) < 4.78 is 39.5. The van der Waals surface area contributed by atoms with Gasteiger partial charge in [-0.3, -0.25) is 0 Å². The third-order valence-corrected chi connectivity index (χ3v) is 4.96. The van der Waals surface area contributed by atoms with E-state index in [1.807, 2.05) is 6.92 Å². The van der Waals surface area contributed by atoms with Crippen molar-refractivity contribution in [2.75, 3.05) is 19.6 Å². The van der Waals surface area contributed by atoms with Crippen LogP contribution in [0.15, 0.2) is 23.1 Å². The number of halogens is 2. The molecule has 18 heavy (non-hydrogen) atoms. The van der Waals surface area contributed by atoms with Gasteiger partial charge in [-0.2, -0.15) is 4.31 Å². The summed E-state index contributed by atoms with van der Waals surface area (Å²) in [5.41, 5.74) is 0. The zero-order valence-electron chi connectivity index (χ0n) is 9.86. The molecule has 0 saturated carbocycles. The van der Waals surface area contributed by atoms with Crippen molar-refractivity contribution in [3.8, 4) is 0 Å². The highest BCUT2D eigenvalue weighted by atomic mass is 35.5. The molecule has 2 rings (SSSR count). The monoisotopic (exact) mass is 292 g/mol. The first kappa shape index (κ1) is 13.7. The number of nitrogens with one attached hydrogen (secondary N) is 1. The van der Waals surface area contributed by atoms with E-state index in [2.05, 4.69) is 5.32 Å². The van der Waals surface area contributed by atoms with Crippen LogP contribution in [0.25, 0.3) is 0 Å². The molecular formula is C11H14ClFN2O2S. The van der Waals surface area contributed by atoms with Crippen molar-refractivity contribution in [1.82, 2.24) is 9.62 Å². The minimum Gasteiger partial charge on any atom is -0.312 e. The Morgan fingerprint density at radius 2 is 2.22 bits per heavy atom. The summed E-state index contributed by atoms with van der Waals surface area (Å²) in [4.78, 5) is -0.357. The first-order chi connectivity index (χ1) is 8.41. The van der Waals surface area contributed by atoms with Crippen LogP contribution in [0.1, 0.15) is 6.92 Å². The minimum atomic E-state index is -3.81. The average molecular weight is 293 g/mol. The molecule has 1 fully saturated rings. The molecular weight excluding hydrogens is 279 g/mol. The molecule has 1 atom stereocenters. The van der Waals surface area contributed by atoms with Crippen LogP contribution in [0.5, 0.6) is 0 Å². The highest BCUT2D eigenvalue weighted by molar-refractivity contribution is 7.89. The van der Waals surface area contributed by atoms with Gasteiger partial charge in [0, 0.05) is 30.7 Å². The van der Waals surface area contributed by atoms with Crippen LogP contribution in [-0.4, -0.2) is 38.4 Å². The maximum atomic E-state index is 13.6. The van der Waals surface area contributed by atoms with E-state index >= 15 is 0 Å². The number of rotatable bonds is 2. The van der Waals surface area contributed by atoms with Crippen molar-refractivity contribution < 1.29 is 12.8 Å². The second-order valence-corrected chi connectivity index (χ2v) is 6.64. The molecule has 1 aromatic rings. The molecule has 1 heterocycles. The van der Waals surface area contributed by atoms with E-state index in [0.717, 1.165) is 12.1 Å². The summed E-state index contributed by atoms with van der Waals surface area (Å²) in [6.07, 6.45) is 0. The lowest BCUT2D eigenvalue weighted by Crippen LogP contribution is -2.51. The number of nitrogens with zero attached hydrogens (tertiary/aromatic N) is 1. The van der Waals surface area contributed by atoms with Crippen molar-refractivity contribution in [2.45, 2.75) is 17.9 Å². The highest BCUT2D eigenvalue weighted by Crippen LogP contribution is 2.23. The van der Waals surface area contributed by atoms with E-state index in [-0.39, 0.29) is 16.0 Å². The summed E-state index contributed by atoms with van der Waals surface area (Å²) >= 11 is 5.73. The largest absolute Gasteiger partial charge is 0.312 e. The average Bonchev–Trinajstić information content (AvgIpc) is 2.32. The molecule has 1 N–H and O–H groups in total. The zero-order valence-corrected chi connectivity index (χ0v) is 11.4. The lowest BCUT2D eigenvalue weighted by molar-refractivity contribution is 0.309. The van der Waals surface area contributed by atoms with E-state index in [0.29, 0.717) is 19.6 Å². The maximum Gasteiger partial charge on any atom is 0.246 e. The van der Waals surface area contributed by atoms with Crippen LogP contribution >= 0.6 is 11.6 Å². The van der Waals surface area contributed by atoms with E-state index in [9.17, 15) is 12.8 Å². The third-order valence-electron chi connectivity index (χ3n) is 2.84. The fourth-order valence-corrected chi connectivity index (χ4v) is 3.79. The highest BCUT2D eigenvalue weighted by Gasteiger charge is 2.30. The van der Waals surface area contributed by atoms with Gasteiger partial charge in [0.2, 0.25) is 10.0 Å². The van der Waals surface area contributed by atoms with E-state index in [1.54, 1.807) is 0 Å². The Morgan fingerprint density at radius 3 is 2.89 bits per heavy atom. The van der Waals surface area contributed by atoms with Gasteiger partial charge in [-0.1, -0.05) is 11.6 Å². The number of sulfonamides is 1. The van der Waals surface area contributed by atoms with Gasteiger partial charge in [-0.05, 0) is 25.1 Å². The topological polar surface area (TPSA) is 49.4 Å². The number of hydrogen-bond acceptors (Lipinski definition) is 3. The van der Waals surface area contributed by atoms with Crippen molar-refractivity contribution in [2.24, 2.45) is 0 Å². The van der Waals surface area contributed by atoms with Crippen LogP contribution in [0.4, 0.5) is 4.39 Å². The molecule has 0 spiro atoms. The van der Waals surface area contributed by atoms with E-state index < -0.39 is 15.8 Å². The molecule has 0 aromatic heterocycles.